The second kappa shape index (κ2) is 8.91. The smallest absolute Gasteiger partial charge is 0.128 e. The second-order valence-corrected chi connectivity index (χ2v) is 5.76. The van der Waals surface area contributed by atoms with Crippen LogP contribution in [0.5, 0.6) is 5.75 Å². The summed E-state index contributed by atoms with van der Waals surface area (Å²) in [6.07, 6.45) is 6.13. The number of ether oxygens (including phenoxy) is 1. The SMILES string of the molecule is C=CCCCC[C@H](c1cc(OC)ccc1F)N1CCNCC1. The van der Waals surface area contributed by atoms with Crippen molar-refractivity contribution in [1.29, 1.82) is 0 Å². The van der Waals surface area contributed by atoms with Crippen LogP contribution in [0.1, 0.15) is 37.3 Å². The summed E-state index contributed by atoms with van der Waals surface area (Å²) >= 11 is 0. The lowest BCUT2D eigenvalue weighted by atomic mass is 9.97. The first kappa shape index (κ1) is 17.0. The number of hydrogen-bond acceptors (Lipinski definition) is 3. The van der Waals surface area contributed by atoms with E-state index in [1.165, 1.54) is 6.07 Å². The Bertz CT molecular complexity index is 472. The van der Waals surface area contributed by atoms with E-state index in [0.29, 0.717) is 0 Å². The number of piperazine rings is 1. The molecule has 22 heavy (non-hydrogen) atoms. The fourth-order valence-corrected chi connectivity index (χ4v) is 3.06. The first-order valence-electron chi connectivity index (χ1n) is 8.15. The third-order valence-corrected chi connectivity index (χ3v) is 4.29. The molecule has 3 nitrogen and oxygen atoms in total. The number of nitrogens with zero attached hydrogens (tertiary/aromatic N) is 1. The maximum absolute atomic E-state index is 14.4. The van der Waals surface area contributed by atoms with Crippen LogP contribution in [0.4, 0.5) is 4.39 Å². The molecule has 4 heteroatoms. The van der Waals surface area contributed by atoms with E-state index in [9.17, 15) is 4.39 Å². The van der Waals surface area contributed by atoms with Crippen molar-refractivity contribution in [2.45, 2.75) is 31.7 Å². The lowest BCUT2D eigenvalue weighted by Gasteiger charge is -2.35. The Hall–Kier alpha value is -1.39. The van der Waals surface area contributed by atoms with Gasteiger partial charge in [0.15, 0.2) is 0 Å². The van der Waals surface area contributed by atoms with E-state index in [0.717, 1.165) is 63.2 Å². The van der Waals surface area contributed by atoms with E-state index < -0.39 is 0 Å². The number of benzene rings is 1. The monoisotopic (exact) mass is 306 g/mol. The van der Waals surface area contributed by atoms with Crippen LogP contribution in [-0.4, -0.2) is 38.2 Å². The molecule has 1 heterocycles. The highest BCUT2D eigenvalue weighted by molar-refractivity contribution is 5.32. The molecule has 122 valence electrons. The van der Waals surface area contributed by atoms with E-state index in [1.807, 2.05) is 12.1 Å². The lowest BCUT2D eigenvalue weighted by molar-refractivity contribution is 0.159. The quantitative estimate of drug-likeness (QED) is 0.587. The highest BCUT2D eigenvalue weighted by atomic mass is 19.1. The Morgan fingerprint density at radius 3 is 2.82 bits per heavy atom. The molecule has 1 fully saturated rings. The van der Waals surface area contributed by atoms with Crippen molar-refractivity contribution < 1.29 is 9.13 Å². The minimum Gasteiger partial charge on any atom is -0.497 e. The molecule has 0 amide bonds. The largest absolute Gasteiger partial charge is 0.497 e. The van der Waals surface area contributed by atoms with Crippen molar-refractivity contribution in [3.8, 4) is 5.75 Å². The average molecular weight is 306 g/mol. The van der Waals surface area contributed by atoms with Crippen LogP contribution in [-0.2, 0) is 0 Å². The third-order valence-electron chi connectivity index (χ3n) is 4.29. The Morgan fingerprint density at radius 1 is 1.36 bits per heavy atom. The number of unbranched alkanes of at least 4 members (excludes halogenated alkanes) is 2. The molecule has 1 aliphatic rings. The van der Waals surface area contributed by atoms with Gasteiger partial charge in [0.05, 0.1) is 7.11 Å². The lowest BCUT2D eigenvalue weighted by Crippen LogP contribution is -2.45. The van der Waals surface area contributed by atoms with Gasteiger partial charge in [-0.1, -0.05) is 12.5 Å². The number of methoxy groups -OCH3 is 1. The van der Waals surface area contributed by atoms with Crippen LogP contribution < -0.4 is 10.1 Å². The average Bonchev–Trinajstić information content (AvgIpc) is 2.57. The van der Waals surface area contributed by atoms with Gasteiger partial charge in [-0.3, -0.25) is 4.90 Å². The Kier molecular flexibility index (Phi) is 6.87. The topological polar surface area (TPSA) is 24.5 Å². The highest BCUT2D eigenvalue weighted by Gasteiger charge is 2.24. The summed E-state index contributed by atoms with van der Waals surface area (Å²) in [5.41, 5.74) is 0.764. The maximum Gasteiger partial charge on any atom is 0.128 e. The zero-order chi connectivity index (χ0) is 15.8. The van der Waals surface area contributed by atoms with Crippen molar-refractivity contribution in [3.63, 3.8) is 0 Å². The van der Waals surface area contributed by atoms with Gasteiger partial charge in [0.1, 0.15) is 11.6 Å². The van der Waals surface area contributed by atoms with Crippen LogP contribution in [0.3, 0.4) is 0 Å². The highest BCUT2D eigenvalue weighted by Crippen LogP contribution is 2.31. The summed E-state index contributed by atoms with van der Waals surface area (Å²) in [4.78, 5) is 2.39. The van der Waals surface area contributed by atoms with Gasteiger partial charge in [-0.2, -0.15) is 0 Å². The van der Waals surface area contributed by atoms with E-state index in [-0.39, 0.29) is 11.9 Å². The van der Waals surface area contributed by atoms with Crippen molar-refractivity contribution >= 4 is 0 Å². The molecule has 0 aromatic heterocycles. The van der Waals surface area contributed by atoms with Gasteiger partial charge in [-0.15, -0.1) is 6.58 Å². The number of rotatable bonds is 8. The number of halogens is 1. The Labute approximate surface area is 133 Å². The fraction of sp³-hybridized carbons (Fsp3) is 0.556. The van der Waals surface area contributed by atoms with Crippen molar-refractivity contribution in [2.24, 2.45) is 0 Å². The first-order valence-corrected chi connectivity index (χ1v) is 8.15. The summed E-state index contributed by atoms with van der Waals surface area (Å²) in [5.74, 6) is 0.593. The number of hydrogen-bond donors (Lipinski definition) is 1. The zero-order valence-electron chi connectivity index (χ0n) is 13.5. The van der Waals surface area contributed by atoms with Gasteiger partial charge in [-0.25, -0.2) is 4.39 Å². The van der Waals surface area contributed by atoms with Crippen LogP contribution in [0.25, 0.3) is 0 Å². The summed E-state index contributed by atoms with van der Waals surface area (Å²) in [5, 5.41) is 3.36. The van der Waals surface area contributed by atoms with Gasteiger partial charge in [0, 0.05) is 37.8 Å². The molecule has 1 aromatic rings. The molecule has 0 bridgehead atoms. The number of allylic oxidation sites excluding steroid dienone is 1. The Morgan fingerprint density at radius 2 is 2.14 bits per heavy atom. The molecule has 0 spiro atoms. The predicted molar refractivity (Wildman–Crippen MR) is 88.8 cm³/mol. The van der Waals surface area contributed by atoms with Crippen LogP contribution in [0, 0.1) is 5.82 Å². The van der Waals surface area contributed by atoms with Gasteiger partial charge >= 0.3 is 0 Å². The summed E-state index contributed by atoms with van der Waals surface area (Å²) < 4.78 is 19.7. The number of nitrogens with one attached hydrogen (secondary N) is 1. The molecule has 1 saturated heterocycles. The van der Waals surface area contributed by atoms with Gasteiger partial charge < -0.3 is 10.1 Å². The van der Waals surface area contributed by atoms with E-state index in [4.69, 9.17) is 4.74 Å². The van der Waals surface area contributed by atoms with Crippen molar-refractivity contribution in [3.05, 3.63) is 42.2 Å². The summed E-state index contributed by atoms with van der Waals surface area (Å²) in [6.45, 7) is 7.62. The molecule has 1 aromatic carbocycles. The normalized spacial score (nSPS) is 17.2. The molecule has 2 rings (SSSR count). The minimum absolute atomic E-state index is 0.127. The van der Waals surface area contributed by atoms with Crippen molar-refractivity contribution in [2.75, 3.05) is 33.3 Å². The molecule has 1 aliphatic heterocycles. The molecule has 1 N–H and O–H groups in total. The van der Waals surface area contributed by atoms with Gasteiger partial charge in [0.25, 0.3) is 0 Å². The second-order valence-electron chi connectivity index (χ2n) is 5.76. The molecule has 0 radical (unpaired) electrons. The molecular weight excluding hydrogens is 279 g/mol. The summed E-state index contributed by atoms with van der Waals surface area (Å²) in [7, 11) is 1.63. The first-order chi connectivity index (χ1) is 10.8. The van der Waals surface area contributed by atoms with Gasteiger partial charge in [0.2, 0.25) is 0 Å². The van der Waals surface area contributed by atoms with Crippen molar-refractivity contribution in [1.82, 2.24) is 10.2 Å². The molecule has 0 aliphatic carbocycles. The van der Waals surface area contributed by atoms with E-state index in [1.54, 1.807) is 13.2 Å². The van der Waals surface area contributed by atoms with E-state index >= 15 is 0 Å². The van der Waals surface area contributed by atoms with E-state index in [2.05, 4.69) is 16.8 Å². The summed E-state index contributed by atoms with van der Waals surface area (Å²) in [6, 6.07) is 5.19. The van der Waals surface area contributed by atoms with Crippen LogP contribution in [0.15, 0.2) is 30.9 Å². The minimum atomic E-state index is -0.131. The van der Waals surface area contributed by atoms with Gasteiger partial charge in [-0.05, 0) is 37.5 Å². The Balaban J connectivity index is 2.16. The van der Waals surface area contributed by atoms with Crippen LogP contribution in [0.2, 0.25) is 0 Å². The third kappa shape index (κ3) is 4.55. The zero-order valence-corrected chi connectivity index (χ0v) is 13.5. The predicted octanol–water partition coefficient (Wildman–Crippen LogP) is 3.53. The molecule has 1 atom stereocenters. The van der Waals surface area contributed by atoms with Crippen LogP contribution >= 0.6 is 0 Å². The standard InChI is InChI=1S/C18H27FN2O/c1-3-4-5-6-7-18(21-12-10-20-11-13-21)16-14-15(22-2)8-9-17(16)19/h3,8-9,14,18,20H,1,4-7,10-13H2,2H3/t18-/m1/s1. The molecular formula is C18H27FN2O. The molecule has 0 saturated carbocycles. The fourth-order valence-electron chi connectivity index (χ4n) is 3.06. The maximum atomic E-state index is 14.4. The molecule has 0 unspecified atom stereocenters.